The highest BCUT2D eigenvalue weighted by molar-refractivity contribution is 7.51. The van der Waals surface area contributed by atoms with Crippen molar-refractivity contribution in [2.75, 3.05) is 44.0 Å². The van der Waals surface area contributed by atoms with Gasteiger partial charge >= 0.3 is 7.75 Å². The third kappa shape index (κ3) is 7.72. The average Bonchev–Trinajstić information content (AvgIpc) is 3.68. The van der Waals surface area contributed by atoms with E-state index in [1.807, 2.05) is 53.2 Å². The van der Waals surface area contributed by atoms with Gasteiger partial charge in [0.25, 0.3) is 0 Å². The highest BCUT2D eigenvalue weighted by Gasteiger charge is 2.23. The molecule has 1 aliphatic carbocycles. The van der Waals surface area contributed by atoms with Gasteiger partial charge in [0, 0.05) is 30.9 Å². The van der Waals surface area contributed by atoms with Gasteiger partial charge in [-0.2, -0.15) is 5.10 Å². The summed E-state index contributed by atoms with van der Waals surface area (Å²) < 4.78 is 30.6. The molecule has 1 aromatic carbocycles. The van der Waals surface area contributed by atoms with E-state index < -0.39 is 7.75 Å². The standard InChI is InChI=1S/C31H42N7O4P/c1-4-41-43(39,42-5-2)34-21-9-8-20-32-28-14-10-13-27-29(26-19-22-33-31(36-26)35-24-11-6-7-12-24)30(37-38(27)28)23-15-17-25(40-3)18-16-23/h10,13-19,22,24,32H,4-9,11-12,20-21H2,1-3H3,(H,34,39)(H,33,35,36). The second kappa shape index (κ2) is 14.8. The number of ether oxygens (including phenoxy) is 1. The zero-order valence-electron chi connectivity index (χ0n) is 25.2. The van der Waals surface area contributed by atoms with Crippen LogP contribution in [0.2, 0.25) is 0 Å². The van der Waals surface area contributed by atoms with E-state index in [1.54, 1.807) is 21.0 Å². The predicted molar refractivity (Wildman–Crippen MR) is 171 cm³/mol. The van der Waals surface area contributed by atoms with Crippen LogP contribution in [0.3, 0.4) is 0 Å². The van der Waals surface area contributed by atoms with Gasteiger partial charge in [0.1, 0.15) is 17.3 Å². The molecule has 0 spiro atoms. The molecule has 0 unspecified atom stereocenters. The number of methoxy groups -OCH3 is 1. The molecular formula is C31H42N7O4P. The van der Waals surface area contributed by atoms with Gasteiger partial charge in [0.2, 0.25) is 5.95 Å². The van der Waals surface area contributed by atoms with Crippen LogP contribution in [0.25, 0.3) is 28.0 Å². The van der Waals surface area contributed by atoms with Crippen LogP contribution >= 0.6 is 7.75 Å². The normalized spacial score (nSPS) is 13.9. The number of unbranched alkanes of at least 4 members (excludes halogenated alkanes) is 1. The maximum atomic E-state index is 12.6. The van der Waals surface area contributed by atoms with E-state index in [9.17, 15) is 4.57 Å². The van der Waals surface area contributed by atoms with Crippen molar-refractivity contribution in [2.24, 2.45) is 0 Å². The molecule has 3 aromatic heterocycles. The number of nitrogens with one attached hydrogen (secondary N) is 3. The number of nitrogens with zero attached hydrogens (tertiary/aromatic N) is 4. The molecule has 0 saturated heterocycles. The van der Waals surface area contributed by atoms with E-state index in [0.717, 1.165) is 65.3 Å². The van der Waals surface area contributed by atoms with Gasteiger partial charge in [0.15, 0.2) is 0 Å². The predicted octanol–water partition coefficient (Wildman–Crippen LogP) is 6.78. The molecule has 0 radical (unpaired) electrons. The minimum absolute atomic E-state index is 0.327. The van der Waals surface area contributed by atoms with E-state index in [-0.39, 0.29) is 0 Å². The molecule has 230 valence electrons. The van der Waals surface area contributed by atoms with Crippen LogP contribution in [0.15, 0.2) is 54.7 Å². The fourth-order valence-corrected chi connectivity index (χ4v) is 6.75. The molecule has 5 rings (SSSR count). The molecule has 1 saturated carbocycles. The number of rotatable bonds is 16. The van der Waals surface area contributed by atoms with Crippen LogP contribution in [0.5, 0.6) is 5.75 Å². The first-order chi connectivity index (χ1) is 21.0. The molecule has 12 heteroatoms. The molecule has 11 nitrogen and oxygen atoms in total. The zero-order valence-corrected chi connectivity index (χ0v) is 26.1. The lowest BCUT2D eigenvalue weighted by molar-refractivity contribution is 0.210. The van der Waals surface area contributed by atoms with Crippen LogP contribution in [0.4, 0.5) is 11.8 Å². The SMILES string of the molecule is CCOP(=O)(NCCCCNc1cccc2c(-c3ccnc(NC4CCCC4)n3)c(-c3ccc(OC)cc3)nn12)OCC. The lowest BCUT2D eigenvalue weighted by Crippen LogP contribution is -2.17. The number of benzene rings is 1. The van der Waals surface area contributed by atoms with Gasteiger partial charge in [-0.1, -0.05) is 18.9 Å². The summed E-state index contributed by atoms with van der Waals surface area (Å²) in [7, 11) is -1.58. The molecule has 0 bridgehead atoms. The monoisotopic (exact) mass is 607 g/mol. The minimum atomic E-state index is -3.25. The maximum Gasteiger partial charge on any atom is 0.405 e. The van der Waals surface area contributed by atoms with Crippen molar-refractivity contribution in [1.82, 2.24) is 24.7 Å². The number of hydrogen-bond donors (Lipinski definition) is 3. The fourth-order valence-electron chi connectivity index (χ4n) is 5.38. The first kappa shape index (κ1) is 30.9. The molecule has 0 amide bonds. The van der Waals surface area contributed by atoms with Gasteiger partial charge in [-0.25, -0.2) is 24.1 Å². The Morgan fingerprint density at radius 2 is 1.72 bits per heavy atom. The second-order valence-electron chi connectivity index (χ2n) is 10.4. The topological polar surface area (TPSA) is 124 Å². The third-order valence-corrected chi connectivity index (χ3v) is 9.24. The Morgan fingerprint density at radius 3 is 2.44 bits per heavy atom. The van der Waals surface area contributed by atoms with Crippen LogP contribution in [0.1, 0.15) is 52.4 Å². The molecule has 0 atom stereocenters. The van der Waals surface area contributed by atoms with Gasteiger partial charge in [-0.15, -0.1) is 0 Å². The van der Waals surface area contributed by atoms with Crippen molar-refractivity contribution < 1.29 is 18.3 Å². The van der Waals surface area contributed by atoms with Crippen molar-refractivity contribution in [3.8, 4) is 28.3 Å². The summed E-state index contributed by atoms with van der Waals surface area (Å²) in [6, 6.07) is 16.4. The summed E-state index contributed by atoms with van der Waals surface area (Å²) >= 11 is 0. The lowest BCUT2D eigenvalue weighted by atomic mass is 10.0. The van der Waals surface area contributed by atoms with Crippen molar-refractivity contribution in [3.05, 3.63) is 54.7 Å². The summed E-state index contributed by atoms with van der Waals surface area (Å²) in [5, 5.41) is 15.1. The molecule has 43 heavy (non-hydrogen) atoms. The van der Waals surface area contributed by atoms with Gasteiger partial charge in [-0.05, 0) is 82.0 Å². The van der Waals surface area contributed by atoms with Gasteiger partial charge in [0.05, 0.1) is 37.1 Å². The minimum Gasteiger partial charge on any atom is -0.497 e. The number of pyridine rings is 1. The zero-order chi connectivity index (χ0) is 30.1. The quantitative estimate of drug-likeness (QED) is 0.0927. The van der Waals surface area contributed by atoms with Crippen molar-refractivity contribution >= 4 is 25.0 Å². The molecule has 0 aliphatic heterocycles. The second-order valence-corrected chi connectivity index (χ2v) is 12.3. The number of hydrogen-bond acceptors (Lipinski definition) is 9. The van der Waals surface area contributed by atoms with Gasteiger partial charge in [-0.3, -0.25) is 9.05 Å². The van der Waals surface area contributed by atoms with Crippen LogP contribution in [0, 0.1) is 0 Å². The Hall–Kier alpha value is -3.50. The van der Waals surface area contributed by atoms with Crippen LogP contribution in [-0.4, -0.2) is 59.0 Å². The maximum absolute atomic E-state index is 12.6. The molecule has 1 aliphatic rings. The van der Waals surface area contributed by atoms with Crippen molar-refractivity contribution in [1.29, 1.82) is 0 Å². The van der Waals surface area contributed by atoms with Crippen molar-refractivity contribution in [2.45, 2.75) is 58.4 Å². The van der Waals surface area contributed by atoms with E-state index >= 15 is 0 Å². The Labute approximate surface area is 253 Å². The van der Waals surface area contributed by atoms with E-state index in [4.69, 9.17) is 23.9 Å². The summed E-state index contributed by atoms with van der Waals surface area (Å²) in [5.41, 5.74) is 4.49. The molecular weight excluding hydrogens is 565 g/mol. The van der Waals surface area contributed by atoms with E-state index in [2.05, 4.69) is 26.8 Å². The molecule has 4 aromatic rings. The summed E-state index contributed by atoms with van der Waals surface area (Å²) in [6.45, 7) is 5.50. The Kier molecular flexibility index (Phi) is 10.6. The van der Waals surface area contributed by atoms with E-state index in [1.165, 1.54) is 12.8 Å². The first-order valence-electron chi connectivity index (χ1n) is 15.2. The largest absolute Gasteiger partial charge is 0.497 e. The Morgan fingerprint density at radius 1 is 0.977 bits per heavy atom. The first-order valence-corrected chi connectivity index (χ1v) is 16.7. The van der Waals surface area contributed by atoms with Crippen LogP contribution in [-0.2, 0) is 13.6 Å². The highest BCUT2D eigenvalue weighted by atomic mass is 31.2. The summed E-state index contributed by atoms with van der Waals surface area (Å²) in [5.74, 6) is 2.31. The number of anilines is 2. The summed E-state index contributed by atoms with van der Waals surface area (Å²) in [6.07, 6.45) is 8.22. The summed E-state index contributed by atoms with van der Waals surface area (Å²) in [4.78, 5) is 9.47. The molecule has 1 fully saturated rings. The lowest BCUT2D eigenvalue weighted by Gasteiger charge is -2.17. The van der Waals surface area contributed by atoms with Crippen LogP contribution < -0.4 is 20.5 Å². The highest BCUT2D eigenvalue weighted by Crippen LogP contribution is 2.43. The molecule has 3 N–H and O–H groups in total. The third-order valence-electron chi connectivity index (χ3n) is 7.43. The van der Waals surface area contributed by atoms with Crippen molar-refractivity contribution in [3.63, 3.8) is 0 Å². The number of fused-ring (bicyclic) bond motifs is 1. The van der Waals surface area contributed by atoms with E-state index in [0.29, 0.717) is 38.3 Å². The average molecular weight is 608 g/mol. The molecule has 3 heterocycles. The Balaban J connectivity index is 1.38. The smallest absolute Gasteiger partial charge is 0.405 e. The fraction of sp³-hybridized carbons (Fsp3) is 0.452. The Bertz CT molecular complexity index is 1510. The van der Waals surface area contributed by atoms with Gasteiger partial charge < -0.3 is 15.4 Å². The number of aromatic nitrogens is 4.